The molecular weight excluding hydrogens is 460 g/mol. The van der Waals surface area contributed by atoms with Gasteiger partial charge in [-0.3, -0.25) is 9.59 Å². The van der Waals surface area contributed by atoms with Crippen LogP contribution in [-0.4, -0.2) is 39.0 Å². The Labute approximate surface area is 193 Å². The summed E-state index contributed by atoms with van der Waals surface area (Å²) in [6, 6.07) is 8.28. The molecule has 0 atom stereocenters. The fraction of sp³-hybridized carbons (Fsp3) is 0.417. The first kappa shape index (κ1) is 25.3. The Bertz CT molecular complexity index is 883. The highest BCUT2D eigenvalue weighted by Gasteiger charge is 2.24. The van der Waals surface area contributed by atoms with Crippen molar-refractivity contribution in [2.24, 2.45) is 11.8 Å². The van der Waals surface area contributed by atoms with Crippen molar-refractivity contribution in [2.45, 2.75) is 38.9 Å². The van der Waals surface area contributed by atoms with Crippen molar-refractivity contribution in [3.63, 3.8) is 0 Å². The second-order valence-electron chi connectivity index (χ2n) is 7.91. The van der Waals surface area contributed by atoms with Crippen molar-refractivity contribution in [3.8, 4) is 23.0 Å². The largest absolute Gasteiger partial charge is 0.489 e. The zero-order valence-electron chi connectivity index (χ0n) is 18.1. The van der Waals surface area contributed by atoms with Gasteiger partial charge in [-0.25, -0.2) is 0 Å². The van der Waals surface area contributed by atoms with Crippen molar-refractivity contribution < 1.29 is 46.1 Å². The third kappa shape index (κ3) is 8.57. The molecule has 0 unspecified atom stereocenters. The van der Waals surface area contributed by atoms with Crippen molar-refractivity contribution in [1.82, 2.24) is 0 Å². The minimum Gasteiger partial charge on any atom is -0.489 e. The summed E-state index contributed by atoms with van der Waals surface area (Å²) < 4.78 is 68.0. The van der Waals surface area contributed by atoms with E-state index in [1.54, 1.807) is 0 Å². The molecule has 34 heavy (non-hydrogen) atoms. The molecule has 2 saturated carbocycles. The van der Waals surface area contributed by atoms with Gasteiger partial charge in [-0.15, -0.1) is 0 Å². The van der Waals surface area contributed by atoms with Crippen LogP contribution in [0.5, 0.6) is 23.0 Å². The molecule has 2 aliphatic rings. The molecule has 2 fully saturated rings. The molecule has 0 saturated heterocycles. The van der Waals surface area contributed by atoms with E-state index in [1.165, 1.54) is 36.4 Å². The lowest BCUT2D eigenvalue weighted by atomic mass is 10.2. The quantitative estimate of drug-likeness (QED) is 0.281. The van der Waals surface area contributed by atoms with Crippen molar-refractivity contribution in [2.75, 3.05) is 13.2 Å². The van der Waals surface area contributed by atoms with Crippen molar-refractivity contribution in [1.29, 1.82) is 0 Å². The predicted molar refractivity (Wildman–Crippen MR) is 113 cm³/mol. The maximum atomic E-state index is 12.1. The standard InChI is InChI=1S/2C12H12F2O3/c2*13-12(14)17-10-4-3-9(6-15)5-11(10)16-7-8-1-2-8/h2*3-6,8,12H,1-2,7H2. The van der Waals surface area contributed by atoms with Crippen LogP contribution in [0.4, 0.5) is 17.6 Å². The molecule has 0 bridgehead atoms. The van der Waals surface area contributed by atoms with Gasteiger partial charge >= 0.3 is 13.2 Å². The number of ether oxygens (including phenoxy) is 4. The molecule has 0 radical (unpaired) electrons. The Morgan fingerprint density at radius 2 is 1.06 bits per heavy atom. The highest BCUT2D eigenvalue weighted by molar-refractivity contribution is 5.77. The topological polar surface area (TPSA) is 71.1 Å². The van der Waals surface area contributed by atoms with Gasteiger partial charge in [-0.1, -0.05) is 0 Å². The lowest BCUT2D eigenvalue weighted by Gasteiger charge is -2.12. The number of aldehydes is 2. The van der Waals surface area contributed by atoms with E-state index in [-0.39, 0.29) is 23.0 Å². The smallest absolute Gasteiger partial charge is 0.387 e. The molecule has 6 nitrogen and oxygen atoms in total. The Balaban J connectivity index is 0.000000191. The van der Waals surface area contributed by atoms with E-state index in [1.807, 2.05) is 0 Å². The summed E-state index contributed by atoms with van der Waals surface area (Å²) >= 11 is 0. The van der Waals surface area contributed by atoms with Crippen LogP contribution in [0.25, 0.3) is 0 Å². The second kappa shape index (κ2) is 12.2. The molecular formula is C24H24F4O6. The molecule has 2 aromatic rings. The summed E-state index contributed by atoms with van der Waals surface area (Å²) in [5, 5.41) is 0. The zero-order chi connectivity index (χ0) is 24.5. The molecule has 0 amide bonds. The van der Waals surface area contributed by atoms with Gasteiger partial charge in [-0.05, 0) is 73.9 Å². The minimum atomic E-state index is -2.90. The minimum absolute atomic E-state index is 0.0359. The van der Waals surface area contributed by atoms with Crippen LogP contribution in [0.15, 0.2) is 36.4 Å². The van der Waals surface area contributed by atoms with Gasteiger partial charge in [0.1, 0.15) is 12.6 Å². The number of rotatable bonds is 12. The van der Waals surface area contributed by atoms with Crippen LogP contribution < -0.4 is 18.9 Å². The van der Waals surface area contributed by atoms with Crippen LogP contribution >= 0.6 is 0 Å². The van der Waals surface area contributed by atoms with Crippen LogP contribution in [0, 0.1) is 11.8 Å². The molecule has 0 N–H and O–H groups in total. The second-order valence-corrected chi connectivity index (χ2v) is 7.91. The number of halogens is 4. The summed E-state index contributed by atoms with van der Waals surface area (Å²) in [7, 11) is 0. The van der Waals surface area contributed by atoms with Gasteiger partial charge in [0.15, 0.2) is 23.0 Å². The number of hydrogen-bond donors (Lipinski definition) is 0. The maximum Gasteiger partial charge on any atom is 0.387 e. The van der Waals surface area contributed by atoms with E-state index in [0.717, 1.165) is 25.7 Å². The summed E-state index contributed by atoms with van der Waals surface area (Å²) in [4.78, 5) is 21.2. The molecule has 0 aliphatic heterocycles. The number of carbonyl (C=O) groups excluding carboxylic acids is 2. The molecule has 2 aromatic carbocycles. The third-order valence-corrected chi connectivity index (χ3v) is 4.98. The van der Waals surface area contributed by atoms with Crippen LogP contribution in [-0.2, 0) is 0 Å². The van der Waals surface area contributed by atoms with E-state index in [0.29, 0.717) is 48.7 Å². The fourth-order valence-corrected chi connectivity index (χ4v) is 2.79. The number of benzene rings is 2. The van der Waals surface area contributed by atoms with Gasteiger partial charge in [0.05, 0.1) is 13.2 Å². The van der Waals surface area contributed by atoms with E-state index >= 15 is 0 Å². The van der Waals surface area contributed by atoms with Gasteiger partial charge < -0.3 is 18.9 Å². The van der Waals surface area contributed by atoms with Gasteiger partial charge in [0.2, 0.25) is 0 Å². The van der Waals surface area contributed by atoms with Crippen molar-refractivity contribution in [3.05, 3.63) is 47.5 Å². The molecule has 10 heteroatoms. The molecule has 184 valence electrons. The van der Waals surface area contributed by atoms with Crippen molar-refractivity contribution >= 4 is 12.6 Å². The maximum absolute atomic E-state index is 12.1. The van der Waals surface area contributed by atoms with E-state index < -0.39 is 13.2 Å². The lowest BCUT2D eigenvalue weighted by Crippen LogP contribution is -2.06. The molecule has 4 rings (SSSR count). The first-order valence-electron chi connectivity index (χ1n) is 10.7. The van der Waals surface area contributed by atoms with Crippen LogP contribution in [0.1, 0.15) is 46.4 Å². The third-order valence-electron chi connectivity index (χ3n) is 4.98. The fourth-order valence-electron chi connectivity index (χ4n) is 2.79. The normalized spacial score (nSPS) is 14.8. The van der Waals surface area contributed by atoms with E-state index in [4.69, 9.17) is 9.47 Å². The lowest BCUT2D eigenvalue weighted by molar-refractivity contribution is -0.0521. The molecule has 0 aromatic heterocycles. The summed E-state index contributed by atoms with van der Waals surface area (Å²) in [5.74, 6) is 1.31. The first-order valence-corrected chi connectivity index (χ1v) is 10.7. The van der Waals surface area contributed by atoms with E-state index in [2.05, 4.69) is 9.47 Å². The van der Waals surface area contributed by atoms with Crippen LogP contribution in [0.3, 0.4) is 0 Å². The highest BCUT2D eigenvalue weighted by Crippen LogP contribution is 2.35. The van der Waals surface area contributed by atoms with Gasteiger partial charge in [0.25, 0.3) is 0 Å². The molecule has 0 spiro atoms. The Morgan fingerprint density at radius 3 is 1.35 bits per heavy atom. The Kier molecular flexibility index (Phi) is 9.12. The molecule has 2 aliphatic carbocycles. The average molecular weight is 484 g/mol. The monoisotopic (exact) mass is 484 g/mol. The number of carbonyl (C=O) groups is 2. The predicted octanol–water partition coefficient (Wildman–Crippen LogP) is 5.78. The number of hydrogen-bond acceptors (Lipinski definition) is 6. The van der Waals surface area contributed by atoms with E-state index in [9.17, 15) is 27.2 Å². The molecule has 0 heterocycles. The summed E-state index contributed by atoms with van der Waals surface area (Å²) in [6.45, 7) is -4.86. The Morgan fingerprint density at radius 1 is 0.676 bits per heavy atom. The number of alkyl halides is 4. The summed E-state index contributed by atoms with van der Waals surface area (Å²) in [5.41, 5.74) is 0.745. The average Bonchev–Trinajstić information content (AvgIpc) is 3.73. The Hall–Kier alpha value is -3.30. The van der Waals surface area contributed by atoms with Crippen LogP contribution in [0.2, 0.25) is 0 Å². The first-order chi connectivity index (χ1) is 16.4. The highest BCUT2D eigenvalue weighted by atomic mass is 19.3. The van der Waals surface area contributed by atoms with Gasteiger partial charge in [-0.2, -0.15) is 17.6 Å². The zero-order valence-corrected chi connectivity index (χ0v) is 18.1. The van der Waals surface area contributed by atoms with Gasteiger partial charge in [0, 0.05) is 11.1 Å². The SMILES string of the molecule is O=Cc1ccc(OC(F)F)c(OCC2CC2)c1.O=Cc1ccc(OC(F)F)c(OCC2CC2)c1. The summed E-state index contributed by atoms with van der Waals surface area (Å²) in [6.07, 6.45) is 5.65.